The summed E-state index contributed by atoms with van der Waals surface area (Å²) < 4.78 is 1.30. The van der Waals surface area contributed by atoms with Crippen LogP contribution in [0.5, 0.6) is 0 Å². The summed E-state index contributed by atoms with van der Waals surface area (Å²) in [4.78, 5) is 28.8. The van der Waals surface area contributed by atoms with Crippen LogP contribution in [0.15, 0.2) is 24.4 Å². The van der Waals surface area contributed by atoms with Gasteiger partial charge in [0, 0.05) is 49.1 Å². The van der Waals surface area contributed by atoms with Crippen LogP contribution in [0.3, 0.4) is 0 Å². The number of carbonyl (C=O) groups excluding carboxylic acids is 2. The molecular weight excluding hydrogens is 360 g/mol. The molecule has 1 aliphatic carbocycles. The number of likely N-dealkylation sites (tertiary alicyclic amines) is 1. The Balaban J connectivity index is 1.47. The first-order chi connectivity index (χ1) is 12.9. The second kappa shape index (κ2) is 7.20. The van der Waals surface area contributed by atoms with Gasteiger partial charge in [-0.2, -0.15) is 0 Å². The zero-order valence-electron chi connectivity index (χ0n) is 15.7. The Kier molecular flexibility index (Phi) is 4.90. The monoisotopic (exact) mass is 386 g/mol. The molecule has 3 amide bonds. The van der Waals surface area contributed by atoms with Crippen LogP contribution in [0.2, 0.25) is 0 Å². The predicted octanol–water partition coefficient (Wildman–Crippen LogP) is 2.92. The van der Waals surface area contributed by atoms with Crippen LogP contribution in [-0.2, 0) is 11.2 Å². The van der Waals surface area contributed by atoms with Crippen molar-refractivity contribution >= 4 is 35.7 Å². The van der Waals surface area contributed by atoms with Crippen molar-refractivity contribution in [2.75, 3.05) is 20.1 Å². The van der Waals surface area contributed by atoms with Crippen LogP contribution in [0.1, 0.15) is 36.8 Å². The molecule has 0 radical (unpaired) electrons. The number of imide groups is 1. The Labute approximate surface area is 164 Å². The molecule has 27 heavy (non-hydrogen) atoms. The number of aromatic nitrogens is 1. The van der Waals surface area contributed by atoms with Gasteiger partial charge in [-0.3, -0.25) is 14.4 Å². The average molecular weight is 387 g/mol. The van der Waals surface area contributed by atoms with E-state index in [1.54, 1.807) is 0 Å². The number of piperidine rings is 1. The summed E-state index contributed by atoms with van der Waals surface area (Å²) in [7, 11) is 2.21. The first-order valence-corrected chi connectivity index (χ1v) is 9.91. The van der Waals surface area contributed by atoms with E-state index in [1.807, 2.05) is 0 Å². The van der Waals surface area contributed by atoms with E-state index in [4.69, 9.17) is 0 Å². The number of likely N-dealkylation sites (N-methyl/N-ethyl adjacent to an activating group) is 1. The fraction of sp³-hybridized carbons (Fsp3) is 0.500. The Hall–Kier alpha value is -1.99. The van der Waals surface area contributed by atoms with E-state index in [9.17, 15) is 9.59 Å². The van der Waals surface area contributed by atoms with Gasteiger partial charge in [-0.15, -0.1) is 0 Å². The first-order valence-electron chi connectivity index (χ1n) is 9.51. The lowest BCUT2D eigenvalue weighted by Crippen LogP contribution is -2.48. The minimum Gasteiger partial charge on any atom is -0.361 e. The number of carbonyl (C=O) groups is 2. The summed E-state index contributed by atoms with van der Waals surface area (Å²) in [5.74, 6) is 0.642. The van der Waals surface area contributed by atoms with Crippen LogP contribution in [0, 0.1) is 5.92 Å². The summed E-state index contributed by atoms with van der Waals surface area (Å²) in [6, 6.07) is 6.65. The number of amides is 3. The third kappa shape index (κ3) is 3.46. The molecule has 144 valence electrons. The van der Waals surface area contributed by atoms with Gasteiger partial charge < -0.3 is 9.88 Å². The SMILES string of the molecule is CC(=O)NC(=O)N(S)CCC1C[C@@H]2c3cccc4[nH]cc(c34)C[C@H]2N(C)C1. The number of rotatable bonds is 3. The van der Waals surface area contributed by atoms with Gasteiger partial charge in [-0.05, 0) is 49.4 Å². The van der Waals surface area contributed by atoms with Crippen LogP contribution >= 0.6 is 12.8 Å². The molecule has 6 nitrogen and oxygen atoms in total. The molecular formula is C20H26N4O2S. The lowest BCUT2D eigenvalue weighted by Gasteiger charge is -2.45. The zero-order valence-corrected chi connectivity index (χ0v) is 16.6. The van der Waals surface area contributed by atoms with Crippen molar-refractivity contribution in [1.29, 1.82) is 0 Å². The number of thiol groups is 1. The lowest BCUT2D eigenvalue weighted by atomic mass is 9.72. The molecule has 0 saturated carbocycles. The normalized spacial score (nSPS) is 24.5. The standard InChI is InChI=1S/C20H26N4O2S/c1-12(25)22-20(26)24(27)7-6-13-8-16-15-4-3-5-17-19(15)14(10-21-17)9-18(16)23(2)11-13/h3-5,10,13,16,18,21,27H,6-9,11H2,1-2H3,(H,22,25,26)/t13?,16-,18-/m1/s1. The minimum absolute atomic E-state index is 0.364. The molecule has 2 aromatic rings. The predicted molar refractivity (Wildman–Crippen MR) is 109 cm³/mol. The summed E-state index contributed by atoms with van der Waals surface area (Å²) in [5, 5.41) is 3.67. The third-order valence-corrected chi connectivity index (χ3v) is 6.46. The number of hydrogen-bond donors (Lipinski definition) is 3. The quantitative estimate of drug-likeness (QED) is 0.711. The Morgan fingerprint density at radius 1 is 1.41 bits per heavy atom. The molecule has 1 unspecified atom stereocenters. The molecule has 7 heteroatoms. The fourth-order valence-corrected chi connectivity index (χ4v) is 5.05. The van der Waals surface area contributed by atoms with Gasteiger partial charge in [0.2, 0.25) is 5.91 Å². The maximum absolute atomic E-state index is 11.9. The fourth-order valence-electron chi connectivity index (χ4n) is 4.88. The topological polar surface area (TPSA) is 68.4 Å². The number of benzene rings is 1. The van der Waals surface area contributed by atoms with Crippen molar-refractivity contribution in [2.45, 2.75) is 38.1 Å². The van der Waals surface area contributed by atoms with Crippen molar-refractivity contribution in [2.24, 2.45) is 5.92 Å². The zero-order chi connectivity index (χ0) is 19.1. The van der Waals surface area contributed by atoms with Gasteiger partial charge in [0.1, 0.15) is 0 Å². The molecule has 1 fully saturated rings. The lowest BCUT2D eigenvalue weighted by molar-refractivity contribution is -0.118. The number of nitrogens with zero attached hydrogens (tertiary/aromatic N) is 2. The van der Waals surface area contributed by atoms with Crippen molar-refractivity contribution in [1.82, 2.24) is 19.5 Å². The van der Waals surface area contributed by atoms with Crippen LogP contribution in [-0.4, -0.2) is 52.3 Å². The van der Waals surface area contributed by atoms with Crippen molar-refractivity contribution in [3.8, 4) is 0 Å². The highest BCUT2D eigenvalue weighted by Crippen LogP contribution is 2.44. The van der Waals surface area contributed by atoms with E-state index in [0.717, 1.165) is 25.8 Å². The highest BCUT2D eigenvalue weighted by molar-refractivity contribution is 7.78. The summed E-state index contributed by atoms with van der Waals surface area (Å²) in [6.45, 7) is 2.87. The minimum atomic E-state index is -0.452. The molecule has 1 aromatic heterocycles. The molecule has 2 N–H and O–H groups in total. The number of nitrogens with one attached hydrogen (secondary N) is 2. The van der Waals surface area contributed by atoms with Gasteiger partial charge in [-0.1, -0.05) is 24.9 Å². The Morgan fingerprint density at radius 2 is 2.22 bits per heavy atom. The van der Waals surface area contributed by atoms with Gasteiger partial charge in [0.05, 0.1) is 0 Å². The van der Waals surface area contributed by atoms with Crippen LogP contribution in [0.25, 0.3) is 10.9 Å². The molecule has 0 bridgehead atoms. The molecule has 4 rings (SSSR count). The highest BCUT2D eigenvalue weighted by Gasteiger charge is 2.39. The molecule has 1 aromatic carbocycles. The van der Waals surface area contributed by atoms with E-state index >= 15 is 0 Å². The van der Waals surface area contributed by atoms with Gasteiger partial charge >= 0.3 is 6.03 Å². The maximum atomic E-state index is 11.9. The van der Waals surface area contributed by atoms with Gasteiger partial charge in [0.15, 0.2) is 0 Å². The highest BCUT2D eigenvalue weighted by atomic mass is 32.1. The number of H-pyrrole nitrogens is 1. The van der Waals surface area contributed by atoms with E-state index in [1.165, 1.54) is 33.3 Å². The van der Waals surface area contributed by atoms with Crippen molar-refractivity contribution in [3.05, 3.63) is 35.5 Å². The smallest absolute Gasteiger partial charge is 0.333 e. The molecule has 2 aliphatic rings. The number of urea groups is 1. The van der Waals surface area contributed by atoms with Gasteiger partial charge in [0.25, 0.3) is 0 Å². The van der Waals surface area contributed by atoms with E-state index in [0.29, 0.717) is 24.4 Å². The third-order valence-electron chi connectivity index (χ3n) is 6.08. The summed E-state index contributed by atoms with van der Waals surface area (Å²) >= 11 is 4.23. The molecule has 3 atom stereocenters. The second-order valence-corrected chi connectivity index (χ2v) is 8.38. The van der Waals surface area contributed by atoms with Crippen molar-refractivity contribution in [3.63, 3.8) is 0 Å². The van der Waals surface area contributed by atoms with Crippen molar-refractivity contribution < 1.29 is 9.59 Å². The molecule has 1 saturated heterocycles. The maximum Gasteiger partial charge on any atom is 0.333 e. The summed E-state index contributed by atoms with van der Waals surface area (Å²) in [5.41, 5.74) is 4.11. The average Bonchev–Trinajstić information content (AvgIpc) is 3.04. The first kappa shape index (κ1) is 18.4. The van der Waals surface area contributed by atoms with Crippen LogP contribution in [0.4, 0.5) is 4.79 Å². The number of hydrogen-bond acceptors (Lipinski definition) is 4. The Bertz CT molecular complexity index is 880. The number of fused-ring (bicyclic) bond motifs is 2. The Morgan fingerprint density at radius 3 is 3.00 bits per heavy atom. The van der Waals surface area contributed by atoms with Gasteiger partial charge in [-0.25, -0.2) is 4.79 Å². The van der Waals surface area contributed by atoms with Crippen LogP contribution < -0.4 is 5.32 Å². The summed E-state index contributed by atoms with van der Waals surface area (Å²) in [6.07, 6.45) is 5.24. The molecule has 1 aliphatic heterocycles. The molecule has 0 spiro atoms. The largest absolute Gasteiger partial charge is 0.361 e. The van der Waals surface area contributed by atoms with E-state index < -0.39 is 6.03 Å². The number of aromatic amines is 1. The van der Waals surface area contributed by atoms with E-state index in [-0.39, 0.29) is 5.91 Å². The second-order valence-electron chi connectivity index (χ2n) is 7.90. The molecule has 2 heterocycles. The van der Waals surface area contributed by atoms with E-state index in [2.05, 4.69) is 59.5 Å².